The van der Waals surface area contributed by atoms with Crippen molar-refractivity contribution in [1.29, 1.82) is 0 Å². The summed E-state index contributed by atoms with van der Waals surface area (Å²) in [5.41, 5.74) is 4.38. The molecule has 0 radical (unpaired) electrons. The number of hydrogen-bond donors (Lipinski definition) is 1. The summed E-state index contributed by atoms with van der Waals surface area (Å²) in [5.74, 6) is -1.25. The van der Waals surface area contributed by atoms with Gasteiger partial charge in [0.2, 0.25) is 10.0 Å². The average molecular weight is 321 g/mol. The first kappa shape index (κ1) is 17.3. The van der Waals surface area contributed by atoms with Crippen molar-refractivity contribution in [3.63, 3.8) is 0 Å². The van der Waals surface area contributed by atoms with Gasteiger partial charge in [-0.1, -0.05) is 6.92 Å². The van der Waals surface area contributed by atoms with Crippen molar-refractivity contribution in [3.8, 4) is 0 Å². The number of hydrogen-bond acceptors (Lipinski definition) is 6. The Morgan fingerprint density at radius 2 is 2.10 bits per heavy atom. The molecule has 0 saturated carbocycles. The van der Waals surface area contributed by atoms with E-state index in [1.54, 1.807) is 6.92 Å². The standard InChI is InChI=1S/C11H16FN3O5S/c1-3-14(4-5-20-2)21(18,19)11-9(12)6-8(15(16)17)7-10(11)13/h6-7H,3-5,13H2,1-2H3. The maximum atomic E-state index is 14.0. The topological polar surface area (TPSA) is 116 Å². The maximum Gasteiger partial charge on any atom is 0.274 e. The van der Waals surface area contributed by atoms with Crippen molar-refractivity contribution in [3.05, 3.63) is 28.1 Å². The molecule has 10 heteroatoms. The van der Waals surface area contributed by atoms with Gasteiger partial charge in [-0.2, -0.15) is 4.31 Å². The fourth-order valence-corrected chi connectivity index (χ4v) is 3.32. The molecule has 0 saturated heterocycles. The number of nitrogens with zero attached hydrogens (tertiary/aromatic N) is 2. The third kappa shape index (κ3) is 3.65. The zero-order valence-corrected chi connectivity index (χ0v) is 12.4. The van der Waals surface area contributed by atoms with Crippen LogP contribution in [0, 0.1) is 15.9 Å². The van der Waals surface area contributed by atoms with Gasteiger partial charge >= 0.3 is 0 Å². The first-order chi connectivity index (χ1) is 9.75. The van der Waals surface area contributed by atoms with E-state index in [9.17, 15) is 22.9 Å². The van der Waals surface area contributed by atoms with Crippen LogP contribution in [-0.4, -0.2) is 44.5 Å². The normalized spacial score (nSPS) is 11.8. The molecule has 0 amide bonds. The van der Waals surface area contributed by atoms with Gasteiger partial charge in [0, 0.05) is 26.3 Å². The summed E-state index contributed by atoms with van der Waals surface area (Å²) in [6, 6.07) is 1.35. The number of nitro groups is 1. The smallest absolute Gasteiger partial charge is 0.274 e. The first-order valence-corrected chi connectivity index (χ1v) is 7.42. The summed E-state index contributed by atoms with van der Waals surface area (Å²) in [5, 5.41) is 10.6. The monoisotopic (exact) mass is 321 g/mol. The molecule has 2 N–H and O–H groups in total. The molecule has 1 aromatic carbocycles. The molecule has 0 aliphatic heterocycles. The van der Waals surface area contributed by atoms with Crippen LogP contribution in [0.25, 0.3) is 0 Å². The van der Waals surface area contributed by atoms with E-state index in [-0.39, 0.29) is 19.7 Å². The number of methoxy groups -OCH3 is 1. The van der Waals surface area contributed by atoms with E-state index >= 15 is 0 Å². The van der Waals surface area contributed by atoms with Crippen molar-refractivity contribution < 1.29 is 22.5 Å². The van der Waals surface area contributed by atoms with Gasteiger partial charge in [0.15, 0.2) is 5.82 Å². The highest BCUT2D eigenvalue weighted by molar-refractivity contribution is 7.89. The Kier molecular flexibility index (Phi) is 5.58. The van der Waals surface area contributed by atoms with Gasteiger partial charge in [0.25, 0.3) is 5.69 Å². The number of nitrogen functional groups attached to an aromatic ring is 1. The molecule has 0 fully saturated rings. The Balaban J connectivity index is 3.34. The van der Waals surface area contributed by atoms with Crippen LogP contribution in [-0.2, 0) is 14.8 Å². The first-order valence-electron chi connectivity index (χ1n) is 5.98. The summed E-state index contributed by atoms with van der Waals surface area (Å²) in [7, 11) is -2.79. The van der Waals surface area contributed by atoms with E-state index < -0.39 is 37.0 Å². The van der Waals surface area contributed by atoms with Crippen molar-refractivity contribution in [2.24, 2.45) is 0 Å². The Morgan fingerprint density at radius 1 is 1.48 bits per heavy atom. The molecule has 0 bridgehead atoms. The summed E-state index contributed by atoms with van der Waals surface area (Å²) in [6.07, 6.45) is 0. The highest BCUT2D eigenvalue weighted by atomic mass is 32.2. The Bertz CT molecular complexity index is 612. The lowest BCUT2D eigenvalue weighted by atomic mass is 10.3. The number of sulfonamides is 1. The number of non-ortho nitro benzene ring substituents is 1. The number of halogens is 1. The van der Waals surface area contributed by atoms with Crippen LogP contribution in [0.2, 0.25) is 0 Å². The molecule has 0 aromatic heterocycles. The van der Waals surface area contributed by atoms with E-state index in [1.165, 1.54) is 7.11 Å². The molecule has 0 aliphatic carbocycles. The van der Waals surface area contributed by atoms with Gasteiger partial charge < -0.3 is 10.5 Å². The summed E-state index contributed by atoms with van der Waals surface area (Å²) < 4.78 is 44.5. The number of nitro benzene ring substituents is 1. The minimum absolute atomic E-state index is 0.0190. The van der Waals surface area contributed by atoms with Crippen LogP contribution >= 0.6 is 0 Å². The van der Waals surface area contributed by atoms with Gasteiger partial charge in [-0.15, -0.1) is 0 Å². The van der Waals surface area contributed by atoms with Crippen LogP contribution in [0.1, 0.15) is 6.92 Å². The largest absolute Gasteiger partial charge is 0.397 e. The minimum Gasteiger partial charge on any atom is -0.397 e. The molecule has 0 unspecified atom stereocenters. The van der Waals surface area contributed by atoms with Crippen molar-refractivity contribution in [2.75, 3.05) is 32.5 Å². The second kappa shape index (κ2) is 6.78. The van der Waals surface area contributed by atoms with Crippen LogP contribution in [0.5, 0.6) is 0 Å². The van der Waals surface area contributed by atoms with Crippen molar-refractivity contribution in [2.45, 2.75) is 11.8 Å². The molecular weight excluding hydrogens is 305 g/mol. The Morgan fingerprint density at radius 3 is 2.52 bits per heavy atom. The van der Waals surface area contributed by atoms with E-state index in [2.05, 4.69) is 0 Å². The Labute approximate surface area is 121 Å². The second-order valence-electron chi connectivity index (χ2n) is 4.09. The molecular formula is C11H16FN3O5S. The van der Waals surface area contributed by atoms with E-state index in [4.69, 9.17) is 10.5 Å². The molecule has 0 heterocycles. The minimum atomic E-state index is -4.20. The molecule has 0 spiro atoms. The lowest BCUT2D eigenvalue weighted by Crippen LogP contribution is -2.34. The number of rotatable bonds is 7. The SMILES string of the molecule is CCN(CCOC)S(=O)(=O)c1c(N)cc([N+](=O)[O-])cc1F. The summed E-state index contributed by atoms with van der Waals surface area (Å²) >= 11 is 0. The number of nitrogens with two attached hydrogens (primary N) is 1. The second-order valence-corrected chi connectivity index (χ2v) is 5.97. The van der Waals surface area contributed by atoms with E-state index in [0.29, 0.717) is 6.07 Å². The van der Waals surface area contributed by atoms with Crippen molar-refractivity contribution >= 4 is 21.4 Å². The predicted molar refractivity (Wildman–Crippen MR) is 73.8 cm³/mol. The molecule has 1 rings (SSSR count). The number of likely N-dealkylation sites (N-methyl/N-ethyl adjacent to an activating group) is 1. The molecule has 0 aliphatic rings. The maximum absolute atomic E-state index is 14.0. The molecule has 21 heavy (non-hydrogen) atoms. The molecule has 0 atom stereocenters. The van der Waals surface area contributed by atoms with Crippen LogP contribution in [0.4, 0.5) is 15.8 Å². The fourth-order valence-electron chi connectivity index (χ4n) is 1.75. The zero-order chi connectivity index (χ0) is 16.2. The summed E-state index contributed by atoms with van der Waals surface area (Å²) in [4.78, 5) is 9.00. The summed E-state index contributed by atoms with van der Waals surface area (Å²) in [6.45, 7) is 1.81. The third-order valence-electron chi connectivity index (χ3n) is 2.76. The van der Waals surface area contributed by atoms with Gasteiger partial charge in [-0.25, -0.2) is 12.8 Å². The van der Waals surface area contributed by atoms with Gasteiger partial charge in [-0.3, -0.25) is 10.1 Å². The number of anilines is 1. The van der Waals surface area contributed by atoms with Gasteiger partial charge in [0.05, 0.1) is 23.3 Å². The van der Waals surface area contributed by atoms with Crippen LogP contribution in [0.15, 0.2) is 17.0 Å². The molecule has 8 nitrogen and oxygen atoms in total. The number of benzene rings is 1. The van der Waals surface area contributed by atoms with Crippen molar-refractivity contribution in [1.82, 2.24) is 4.31 Å². The van der Waals surface area contributed by atoms with E-state index in [1.807, 2.05) is 0 Å². The quantitative estimate of drug-likeness (QED) is 0.454. The van der Waals surface area contributed by atoms with E-state index in [0.717, 1.165) is 10.4 Å². The third-order valence-corrected chi connectivity index (χ3v) is 4.83. The van der Waals surface area contributed by atoms with Crippen LogP contribution < -0.4 is 5.73 Å². The lowest BCUT2D eigenvalue weighted by Gasteiger charge is -2.21. The lowest BCUT2D eigenvalue weighted by molar-refractivity contribution is -0.385. The predicted octanol–water partition coefficient (Wildman–Crippen LogP) is 0.973. The van der Waals surface area contributed by atoms with Gasteiger partial charge in [-0.05, 0) is 0 Å². The Hall–Kier alpha value is -1.78. The highest BCUT2D eigenvalue weighted by Crippen LogP contribution is 2.29. The molecule has 1 aromatic rings. The van der Waals surface area contributed by atoms with Crippen LogP contribution in [0.3, 0.4) is 0 Å². The zero-order valence-electron chi connectivity index (χ0n) is 11.6. The fraction of sp³-hybridized carbons (Fsp3) is 0.455. The average Bonchev–Trinajstić information content (AvgIpc) is 2.37. The highest BCUT2D eigenvalue weighted by Gasteiger charge is 2.30. The molecule has 118 valence electrons. The number of ether oxygens (including phenoxy) is 1. The van der Waals surface area contributed by atoms with Gasteiger partial charge in [0.1, 0.15) is 4.90 Å².